The van der Waals surface area contributed by atoms with Crippen LogP contribution < -0.4 is 11.1 Å². The molecule has 106 valence electrons. The van der Waals surface area contributed by atoms with Gasteiger partial charge in [-0.1, -0.05) is 6.92 Å². The van der Waals surface area contributed by atoms with Crippen LogP contribution in [0.15, 0.2) is 5.38 Å². The van der Waals surface area contributed by atoms with Crippen molar-refractivity contribution in [2.24, 2.45) is 5.73 Å². The molecule has 3 N–H and O–H groups in total. The highest BCUT2D eigenvalue weighted by Gasteiger charge is 2.06. The second kappa shape index (κ2) is 11.7. The van der Waals surface area contributed by atoms with E-state index in [2.05, 4.69) is 17.2 Å². The van der Waals surface area contributed by atoms with Gasteiger partial charge in [0.05, 0.1) is 17.1 Å². The minimum absolute atomic E-state index is 0. The number of unbranched alkanes of at least 4 members (excludes halogenated alkanes) is 1. The molecule has 18 heavy (non-hydrogen) atoms. The number of aromatic nitrogens is 1. The van der Waals surface area contributed by atoms with Crippen LogP contribution in [0.5, 0.6) is 0 Å². The number of thiazole rings is 1. The third-order valence-corrected chi connectivity index (χ3v) is 3.24. The minimum atomic E-state index is 0. The van der Waals surface area contributed by atoms with E-state index in [-0.39, 0.29) is 30.7 Å². The molecule has 0 fully saturated rings. The van der Waals surface area contributed by atoms with Crippen LogP contribution in [0.4, 0.5) is 0 Å². The van der Waals surface area contributed by atoms with Crippen molar-refractivity contribution in [1.82, 2.24) is 10.3 Å². The Balaban J connectivity index is 0. The molecular formula is C11H21Cl2N3OS. The molecule has 0 radical (unpaired) electrons. The predicted molar refractivity (Wildman–Crippen MR) is 81.0 cm³/mol. The number of rotatable bonds is 7. The number of hydrogen-bond donors (Lipinski definition) is 2. The molecule has 0 aliphatic rings. The summed E-state index contributed by atoms with van der Waals surface area (Å²) in [4.78, 5) is 15.8. The van der Waals surface area contributed by atoms with Crippen LogP contribution in [-0.2, 0) is 17.6 Å². The molecule has 0 spiro atoms. The maximum absolute atomic E-state index is 11.5. The fraction of sp³-hybridized carbons (Fsp3) is 0.636. The minimum Gasteiger partial charge on any atom is -0.356 e. The monoisotopic (exact) mass is 313 g/mol. The van der Waals surface area contributed by atoms with Gasteiger partial charge in [-0.2, -0.15) is 0 Å². The summed E-state index contributed by atoms with van der Waals surface area (Å²) in [6, 6.07) is 0. The zero-order valence-electron chi connectivity index (χ0n) is 10.5. The zero-order valence-corrected chi connectivity index (χ0v) is 12.9. The molecule has 0 aliphatic carbocycles. The van der Waals surface area contributed by atoms with Crippen molar-refractivity contribution < 1.29 is 4.79 Å². The molecule has 0 atom stereocenters. The molecule has 0 aromatic carbocycles. The van der Waals surface area contributed by atoms with E-state index in [0.717, 1.165) is 30.0 Å². The average molecular weight is 314 g/mol. The molecule has 0 saturated heterocycles. The lowest BCUT2D eigenvalue weighted by molar-refractivity contribution is -0.120. The normalized spacial score (nSPS) is 9.22. The summed E-state index contributed by atoms with van der Waals surface area (Å²) in [6.07, 6.45) is 3.22. The number of carbonyl (C=O) groups excluding carboxylic acids is 1. The summed E-state index contributed by atoms with van der Waals surface area (Å²) in [5, 5.41) is 5.91. The van der Waals surface area contributed by atoms with Gasteiger partial charge in [-0.25, -0.2) is 4.98 Å². The summed E-state index contributed by atoms with van der Waals surface area (Å²) < 4.78 is 0. The average Bonchev–Trinajstić information content (AvgIpc) is 2.72. The van der Waals surface area contributed by atoms with Crippen LogP contribution in [0.1, 0.15) is 30.5 Å². The van der Waals surface area contributed by atoms with E-state index >= 15 is 0 Å². The first-order valence-corrected chi connectivity index (χ1v) is 6.54. The number of nitrogens with one attached hydrogen (secondary N) is 1. The highest BCUT2D eigenvalue weighted by molar-refractivity contribution is 7.09. The van der Waals surface area contributed by atoms with Crippen LogP contribution in [-0.4, -0.2) is 24.0 Å². The van der Waals surface area contributed by atoms with Crippen molar-refractivity contribution in [2.45, 2.75) is 32.6 Å². The van der Waals surface area contributed by atoms with Crippen molar-refractivity contribution in [3.8, 4) is 0 Å². The summed E-state index contributed by atoms with van der Waals surface area (Å²) in [6.45, 7) is 3.46. The largest absolute Gasteiger partial charge is 0.356 e. The quantitative estimate of drug-likeness (QED) is 0.756. The number of halogens is 2. The van der Waals surface area contributed by atoms with E-state index < -0.39 is 0 Å². The van der Waals surface area contributed by atoms with Crippen molar-refractivity contribution >= 4 is 42.1 Å². The molecular weight excluding hydrogens is 293 g/mol. The van der Waals surface area contributed by atoms with Gasteiger partial charge in [0.25, 0.3) is 0 Å². The number of amides is 1. The van der Waals surface area contributed by atoms with Crippen LogP contribution in [0.3, 0.4) is 0 Å². The molecule has 0 unspecified atom stereocenters. The van der Waals surface area contributed by atoms with E-state index in [9.17, 15) is 4.79 Å². The van der Waals surface area contributed by atoms with Gasteiger partial charge < -0.3 is 11.1 Å². The Morgan fingerprint density at radius 3 is 2.72 bits per heavy atom. The lowest BCUT2D eigenvalue weighted by Gasteiger charge is -2.02. The first-order valence-electron chi connectivity index (χ1n) is 5.66. The number of nitrogens with two attached hydrogens (primary N) is 1. The van der Waals surface area contributed by atoms with Crippen LogP contribution in [0.25, 0.3) is 0 Å². The maximum atomic E-state index is 11.5. The lowest BCUT2D eigenvalue weighted by Crippen LogP contribution is -2.26. The summed E-state index contributed by atoms with van der Waals surface area (Å²) in [5.41, 5.74) is 6.24. The molecule has 1 amide bonds. The van der Waals surface area contributed by atoms with Crippen molar-refractivity contribution in [3.05, 3.63) is 16.1 Å². The lowest BCUT2D eigenvalue weighted by atomic mass is 10.3. The number of aryl methyl sites for hydroxylation is 1. The summed E-state index contributed by atoms with van der Waals surface area (Å²) in [5.74, 6) is 0.0463. The maximum Gasteiger partial charge on any atom is 0.226 e. The SMILES string of the molecule is CCc1nc(CC(=O)NCCCCN)cs1.Cl.Cl. The van der Waals surface area contributed by atoms with Gasteiger partial charge >= 0.3 is 0 Å². The topological polar surface area (TPSA) is 68.0 Å². The Morgan fingerprint density at radius 2 is 2.17 bits per heavy atom. The Hall–Kier alpha value is -0.360. The fourth-order valence-corrected chi connectivity index (χ4v) is 2.06. The molecule has 0 saturated carbocycles. The third kappa shape index (κ3) is 7.87. The van der Waals surface area contributed by atoms with Gasteiger partial charge in [-0.15, -0.1) is 36.2 Å². The smallest absolute Gasteiger partial charge is 0.226 e. The van der Waals surface area contributed by atoms with Crippen molar-refractivity contribution in [1.29, 1.82) is 0 Å². The highest BCUT2D eigenvalue weighted by atomic mass is 35.5. The number of carbonyl (C=O) groups is 1. The summed E-state index contributed by atoms with van der Waals surface area (Å²) >= 11 is 1.62. The molecule has 0 bridgehead atoms. The van der Waals surface area contributed by atoms with Gasteiger partial charge in [0.2, 0.25) is 5.91 Å². The van der Waals surface area contributed by atoms with Crippen LogP contribution >= 0.6 is 36.2 Å². The van der Waals surface area contributed by atoms with Gasteiger partial charge in [-0.3, -0.25) is 4.79 Å². The Labute approximate surface area is 125 Å². The van der Waals surface area contributed by atoms with Crippen molar-refractivity contribution in [3.63, 3.8) is 0 Å². The standard InChI is InChI=1S/C11H19N3OS.2ClH/c1-2-11-14-9(8-16-11)7-10(15)13-6-4-3-5-12;;/h8H,2-7,12H2,1H3,(H,13,15);2*1H. The van der Waals surface area contributed by atoms with E-state index in [0.29, 0.717) is 19.5 Å². The van der Waals surface area contributed by atoms with E-state index in [1.54, 1.807) is 11.3 Å². The second-order valence-corrected chi connectivity index (χ2v) is 4.55. The van der Waals surface area contributed by atoms with Gasteiger partial charge in [0, 0.05) is 11.9 Å². The fourth-order valence-electron chi connectivity index (χ4n) is 1.32. The van der Waals surface area contributed by atoms with Crippen molar-refractivity contribution in [2.75, 3.05) is 13.1 Å². The molecule has 1 aromatic heterocycles. The first-order chi connectivity index (χ1) is 7.76. The number of hydrogen-bond acceptors (Lipinski definition) is 4. The molecule has 1 aromatic rings. The Morgan fingerprint density at radius 1 is 1.44 bits per heavy atom. The van der Waals surface area contributed by atoms with Gasteiger partial charge in [-0.05, 0) is 25.8 Å². The van der Waals surface area contributed by atoms with Crippen LogP contribution in [0.2, 0.25) is 0 Å². The third-order valence-electron chi connectivity index (χ3n) is 2.20. The Kier molecular flexibility index (Phi) is 13.0. The van der Waals surface area contributed by atoms with E-state index in [1.165, 1.54) is 0 Å². The highest BCUT2D eigenvalue weighted by Crippen LogP contribution is 2.10. The molecule has 7 heteroatoms. The first kappa shape index (κ1) is 20.0. The molecule has 0 aliphatic heterocycles. The van der Waals surface area contributed by atoms with Crippen LogP contribution in [0, 0.1) is 0 Å². The molecule has 4 nitrogen and oxygen atoms in total. The van der Waals surface area contributed by atoms with E-state index in [1.807, 2.05) is 5.38 Å². The van der Waals surface area contributed by atoms with Gasteiger partial charge in [0.15, 0.2) is 0 Å². The summed E-state index contributed by atoms with van der Waals surface area (Å²) in [7, 11) is 0. The Bertz CT molecular complexity index is 334. The molecule has 1 rings (SSSR count). The predicted octanol–water partition coefficient (Wildman–Crippen LogP) is 1.95. The second-order valence-electron chi connectivity index (χ2n) is 3.61. The number of nitrogens with zero attached hydrogens (tertiary/aromatic N) is 1. The molecule has 1 heterocycles. The zero-order chi connectivity index (χ0) is 11.8. The van der Waals surface area contributed by atoms with Gasteiger partial charge in [0.1, 0.15) is 0 Å². The van der Waals surface area contributed by atoms with E-state index in [4.69, 9.17) is 5.73 Å².